The summed E-state index contributed by atoms with van der Waals surface area (Å²) >= 11 is 1.40. The van der Waals surface area contributed by atoms with E-state index in [1.165, 1.54) is 24.2 Å². The number of nitrogens with one attached hydrogen (secondary N) is 2. The van der Waals surface area contributed by atoms with Gasteiger partial charge in [-0.15, -0.1) is 0 Å². The largest absolute Gasteiger partial charge is 0.316 e. The molecule has 7 nitrogen and oxygen atoms in total. The van der Waals surface area contributed by atoms with E-state index in [-0.39, 0.29) is 5.95 Å². The molecular weight excluding hydrogens is 242 g/mol. The van der Waals surface area contributed by atoms with E-state index < -0.39 is 11.8 Å². The van der Waals surface area contributed by atoms with E-state index in [9.17, 15) is 9.59 Å². The molecule has 0 aliphatic carbocycles. The van der Waals surface area contributed by atoms with Gasteiger partial charge in [0.2, 0.25) is 5.95 Å². The summed E-state index contributed by atoms with van der Waals surface area (Å²) in [5.41, 5.74) is 0. The summed E-state index contributed by atoms with van der Waals surface area (Å²) in [6.45, 7) is 0.656. The van der Waals surface area contributed by atoms with Crippen molar-refractivity contribution in [1.29, 1.82) is 0 Å². The maximum Gasteiger partial charge on any atom is 0.316 e. The number of thioether (sulfide) groups is 1. The highest BCUT2D eigenvalue weighted by Crippen LogP contribution is 2.08. The van der Waals surface area contributed by atoms with Crippen LogP contribution in [-0.4, -0.2) is 39.2 Å². The van der Waals surface area contributed by atoms with Crippen molar-refractivity contribution in [3.8, 4) is 0 Å². The number of rotatable bonds is 1. The Morgan fingerprint density at radius 1 is 1.18 bits per heavy atom. The second-order valence-electron chi connectivity index (χ2n) is 3.02. The summed E-state index contributed by atoms with van der Waals surface area (Å²) in [7, 11) is 0. The van der Waals surface area contributed by atoms with E-state index in [2.05, 4.69) is 25.6 Å². The van der Waals surface area contributed by atoms with Crippen LogP contribution in [0.25, 0.3) is 0 Å². The van der Waals surface area contributed by atoms with Crippen molar-refractivity contribution in [3.05, 3.63) is 18.5 Å². The predicted octanol–water partition coefficient (Wildman–Crippen LogP) is -0.366. The average Bonchev–Trinajstić information content (AvgIpc) is 2.83. The fourth-order valence-electron chi connectivity index (χ4n) is 1.09. The fraction of sp³-hybridized carbons (Fsp3) is 0.222. The minimum absolute atomic E-state index is 0.0914. The lowest BCUT2D eigenvalue weighted by molar-refractivity contribution is -0.135. The van der Waals surface area contributed by atoms with Crippen LogP contribution in [0.3, 0.4) is 0 Å². The van der Waals surface area contributed by atoms with Crippen LogP contribution in [0.4, 0.5) is 5.95 Å². The molecule has 0 aromatic carbocycles. The molecule has 0 saturated carbocycles. The molecular formula is C9H9N5O2S. The maximum atomic E-state index is 11.4. The van der Waals surface area contributed by atoms with Gasteiger partial charge in [-0.1, -0.05) is 11.8 Å². The number of anilines is 1. The molecule has 2 rings (SSSR count). The Labute approximate surface area is 101 Å². The second-order valence-corrected chi connectivity index (χ2v) is 4.10. The van der Waals surface area contributed by atoms with Crippen LogP contribution in [0.2, 0.25) is 0 Å². The van der Waals surface area contributed by atoms with Crippen molar-refractivity contribution in [2.75, 3.05) is 17.6 Å². The third kappa shape index (κ3) is 3.25. The van der Waals surface area contributed by atoms with Gasteiger partial charge in [-0.2, -0.15) is 0 Å². The Balaban J connectivity index is 1.89. The number of hydrogen-bond acceptors (Lipinski definition) is 6. The van der Waals surface area contributed by atoms with Crippen LogP contribution in [0, 0.1) is 0 Å². The lowest BCUT2D eigenvalue weighted by Gasteiger charge is -2.03. The molecule has 2 amide bonds. The zero-order valence-electron chi connectivity index (χ0n) is 8.71. The average molecular weight is 251 g/mol. The molecule has 1 aromatic rings. The first kappa shape index (κ1) is 11.5. The van der Waals surface area contributed by atoms with E-state index >= 15 is 0 Å². The van der Waals surface area contributed by atoms with Crippen LogP contribution in [0.15, 0.2) is 23.5 Å². The standard InChI is InChI=1S/C9H9N5O2S/c15-6(13-8-10-2-1-3-11-8)7(16)14-9-12-4-5-17-9/h1-3H,4-5H2,(H,12,14,16)(H,10,11,13,15). The molecule has 2 heterocycles. The summed E-state index contributed by atoms with van der Waals surface area (Å²) in [4.78, 5) is 34.4. The molecule has 1 aromatic heterocycles. The van der Waals surface area contributed by atoms with Crippen molar-refractivity contribution < 1.29 is 9.59 Å². The smallest absolute Gasteiger partial charge is 0.297 e. The molecule has 17 heavy (non-hydrogen) atoms. The Hall–Kier alpha value is -1.96. The zero-order chi connectivity index (χ0) is 12.1. The lowest BCUT2D eigenvalue weighted by Crippen LogP contribution is -2.37. The topological polar surface area (TPSA) is 96.3 Å². The highest BCUT2D eigenvalue weighted by Gasteiger charge is 2.18. The summed E-state index contributed by atoms with van der Waals surface area (Å²) in [6.07, 6.45) is 2.94. The molecule has 2 N–H and O–H groups in total. The summed E-state index contributed by atoms with van der Waals surface area (Å²) < 4.78 is 0. The van der Waals surface area contributed by atoms with Crippen molar-refractivity contribution in [1.82, 2.24) is 15.3 Å². The normalized spacial score (nSPS) is 14.0. The van der Waals surface area contributed by atoms with Gasteiger partial charge >= 0.3 is 11.8 Å². The van der Waals surface area contributed by atoms with E-state index in [0.717, 1.165) is 5.75 Å². The minimum atomic E-state index is -0.814. The number of carbonyl (C=O) groups excluding carboxylic acids is 2. The first-order chi connectivity index (χ1) is 8.25. The van der Waals surface area contributed by atoms with Crippen molar-refractivity contribution in [2.45, 2.75) is 0 Å². The number of amides is 2. The molecule has 0 radical (unpaired) electrons. The van der Waals surface area contributed by atoms with Crippen molar-refractivity contribution in [3.63, 3.8) is 0 Å². The van der Waals surface area contributed by atoms with Gasteiger partial charge in [0.25, 0.3) is 0 Å². The Morgan fingerprint density at radius 3 is 2.53 bits per heavy atom. The lowest BCUT2D eigenvalue weighted by atomic mass is 10.5. The van der Waals surface area contributed by atoms with Gasteiger partial charge in [0, 0.05) is 18.1 Å². The molecule has 0 atom stereocenters. The van der Waals surface area contributed by atoms with E-state index in [1.54, 1.807) is 6.07 Å². The molecule has 8 heteroatoms. The molecule has 0 spiro atoms. The molecule has 1 aliphatic rings. The van der Waals surface area contributed by atoms with Gasteiger partial charge < -0.3 is 0 Å². The van der Waals surface area contributed by atoms with Crippen LogP contribution in [0.5, 0.6) is 0 Å². The van der Waals surface area contributed by atoms with E-state index in [1.807, 2.05) is 0 Å². The first-order valence-electron chi connectivity index (χ1n) is 4.82. The number of aliphatic imine (C=N–C) groups is 1. The fourth-order valence-corrected chi connectivity index (χ4v) is 1.81. The number of amidine groups is 1. The zero-order valence-corrected chi connectivity index (χ0v) is 9.53. The summed E-state index contributed by atoms with van der Waals surface area (Å²) in [5, 5.41) is 5.15. The SMILES string of the molecule is O=C(NC1=NCCS1)C(=O)Nc1ncccn1. The highest BCUT2D eigenvalue weighted by atomic mass is 32.2. The van der Waals surface area contributed by atoms with Gasteiger partial charge in [0.05, 0.1) is 6.54 Å². The summed E-state index contributed by atoms with van der Waals surface area (Å²) in [5.74, 6) is -0.676. The van der Waals surface area contributed by atoms with Crippen LogP contribution < -0.4 is 10.6 Å². The van der Waals surface area contributed by atoms with Gasteiger partial charge in [0.1, 0.15) is 0 Å². The highest BCUT2D eigenvalue weighted by molar-refractivity contribution is 8.14. The number of carbonyl (C=O) groups is 2. The van der Waals surface area contributed by atoms with E-state index in [4.69, 9.17) is 0 Å². The Bertz CT molecular complexity index is 462. The van der Waals surface area contributed by atoms with Crippen LogP contribution in [-0.2, 0) is 9.59 Å². The maximum absolute atomic E-state index is 11.4. The Morgan fingerprint density at radius 2 is 1.88 bits per heavy atom. The van der Waals surface area contributed by atoms with Crippen LogP contribution >= 0.6 is 11.8 Å². The molecule has 1 aliphatic heterocycles. The third-order valence-electron chi connectivity index (χ3n) is 1.80. The number of hydrogen-bond donors (Lipinski definition) is 2. The van der Waals surface area contributed by atoms with Gasteiger partial charge in [-0.25, -0.2) is 9.97 Å². The van der Waals surface area contributed by atoms with Gasteiger partial charge in [-0.3, -0.25) is 25.2 Å². The number of aromatic nitrogens is 2. The molecule has 0 saturated heterocycles. The molecule has 88 valence electrons. The number of nitrogens with zero attached hydrogens (tertiary/aromatic N) is 3. The quantitative estimate of drug-likeness (QED) is 0.664. The monoisotopic (exact) mass is 251 g/mol. The van der Waals surface area contributed by atoms with Gasteiger partial charge in [0.15, 0.2) is 5.17 Å². The van der Waals surface area contributed by atoms with Crippen molar-refractivity contribution in [2.24, 2.45) is 4.99 Å². The summed E-state index contributed by atoms with van der Waals surface area (Å²) in [6, 6.07) is 1.61. The first-order valence-corrected chi connectivity index (χ1v) is 5.81. The predicted molar refractivity (Wildman–Crippen MR) is 63.6 cm³/mol. The van der Waals surface area contributed by atoms with Gasteiger partial charge in [-0.05, 0) is 6.07 Å². The van der Waals surface area contributed by atoms with Crippen molar-refractivity contribution >= 4 is 34.7 Å². The van der Waals surface area contributed by atoms with E-state index in [0.29, 0.717) is 11.7 Å². The van der Waals surface area contributed by atoms with Crippen LogP contribution in [0.1, 0.15) is 0 Å². The molecule has 0 unspecified atom stereocenters. The Kier molecular flexibility index (Phi) is 3.66. The molecule has 0 fully saturated rings. The third-order valence-corrected chi connectivity index (χ3v) is 2.69. The molecule has 0 bridgehead atoms. The minimum Gasteiger partial charge on any atom is -0.297 e. The second kappa shape index (κ2) is 5.39.